The number of methoxy groups -OCH3 is 1. The van der Waals surface area contributed by atoms with Crippen molar-refractivity contribution < 1.29 is 33.3 Å². The molecule has 114 valence electrons. The summed E-state index contributed by atoms with van der Waals surface area (Å²) in [5, 5.41) is 2.60. The summed E-state index contributed by atoms with van der Waals surface area (Å²) >= 11 is 0. The van der Waals surface area contributed by atoms with Gasteiger partial charge < -0.3 is 24.3 Å². The molecule has 1 fully saturated rings. The van der Waals surface area contributed by atoms with Crippen molar-refractivity contribution in [3.8, 4) is 0 Å². The van der Waals surface area contributed by atoms with Gasteiger partial charge in [0.15, 0.2) is 18.5 Å². The summed E-state index contributed by atoms with van der Waals surface area (Å²) in [4.78, 5) is 33.6. The van der Waals surface area contributed by atoms with Crippen LogP contribution < -0.4 is 5.32 Å². The Bertz CT molecular complexity index is 384. The largest absolute Gasteiger partial charge is 0.456 e. The zero-order valence-corrected chi connectivity index (χ0v) is 11.9. The molecule has 1 aliphatic rings. The van der Waals surface area contributed by atoms with Crippen molar-refractivity contribution in [2.45, 2.75) is 45.3 Å². The number of nitrogens with one attached hydrogen (secondary N) is 1. The van der Waals surface area contributed by atoms with Gasteiger partial charge in [-0.2, -0.15) is 0 Å². The zero-order chi connectivity index (χ0) is 15.3. The minimum atomic E-state index is -0.952. The smallest absolute Gasteiger partial charge is 0.303 e. The minimum absolute atomic E-state index is 0.0772. The van der Waals surface area contributed by atoms with Crippen LogP contribution in [-0.4, -0.2) is 56.1 Å². The van der Waals surface area contributed by atoms with Crippen molar-refractivity contribution in [2.75, 3.05) is 13.7 Å². The highest BCUT2D eigenvalue weighted by atomic mass is 16.7. The van der Waals surface area contributed by atoms with Gasteiger partial charge >= 0.3 is 11.9 Å². The molecule has 1 aliphatic heterocycles. The van der Waals surface area contributed by atoms with E-state index < -0.39 is 36.5 Å². The number of ether oxygens (including phenoxy) is 4. The molecule has 4 atom stereocenters. The number of rotatable bonds is 4. The van der Waals surface area contributed by atoms with E-state index in [1.807, 2.05) is 0 Å². The van der Waals surface area contributed by atoms with Crippen LogP contribution in [0.5, 0.6) is 0 Å². The Labute approximate surface area is 116 Å². The Balaban J connectivity index is 2.95. The quantitative estimate of drug-likeness (QED) is 0.687. The maximum absolute atomic E-state index is 11.2. The van der Waals surface area contributed by atoms with Gasteiger partial charge in [-0.3, -0.25) is 14.4 Å². The van der Waals surface area contributed by atoms with Gasteiger partial charge in [-0.05, 0) is 0 Å². The molecule has 0 spiro atoms. The molecule has 0 aliphatic carbocycles. The lowest BCUT2D eigenvalue weighted by atomic mass is 10.0. The van der Waals surface area contributed by atoms with Crippen LogP contribution in [0.2, 0.25) is 0 Å². The summed E-state index contributed by atoms with van der Waals surface area (Å²) in [6.45, 7) is 3.86. The number of carbonyl (C=O) groups is 3. The molecule has 0 radical (unpaired) electrons. The van der Waals surface area contributed by atoms with Gasteiger partial charge in [0.1, 0.15) is 0 Å². The summed E-state index contributed by atoms with van der Waals surface area (Å²) < 4.78 is 20.7. The van der Waals surface area contributed by atoms with Crippen molar-refractivity contribution in [2.24, 2.45) is 0 Å². The van der Waals surface area contributed by atoms with Crippen molar-refractivity contribution in [3.05, 3.63) is 0 Å². The van der Waals surface area contributed by atoms with Crippen LogP contribution in [0.1, 0.15) is 20.8 Å². The van der Waals surface area contributed by atoms with Crippen LogP contribution in [0.15, 0.2) is 0 Å². The molecular weight excluding hydrogens is 270 g/mol. The fourth-order valence-corrected chi connectivity index (χ4v) is 2.01. The Morgan fingerprint density at radius 1 is 1.05 bits per heavy atom. The lowest BCUT2D eigenvalue weighted by molar-refractivity contribution is -0.254. The molecule has 1 heterocycles. The third-order valence-corrected chi connectivity index (χ3v) is 2.65. The normalized spacial score (nSPS) is 29.4. The summed E-state index contributed by atoms with van der Waals surface area (Å²) in [6, 6.07) is -0.618. The van der Waals surface area contributed by atoms with Crippen molar-refractivity contribution in [1.82, 2.24) is 5.32 Å². The molecule has 0 aromatic carbocycles. The summed E-state index contributed by atoms with van der Waals surface area (Å²) in [6.07, 6.45) is -2.70. The predicted octanol–water partition coefficient (Wildman–Crippen LogP) is -0.643. The molecule has 0 aromatic heterocycles. The molecular formula is C12H19NO7. The van der Waals surface area contributed by atoms with Gasteiger partial charge in [-0.15, -0.1) is 0 Å². The molecule has 20 heavy (non-hydrogen) atoms. The average Bonchev–Trinajstić information content (AvgIpc) is 2.31. The van der Waals surface area contributed by atoms with E-state index in [9.17, 15) is 14.4 Å². The third-order valence-electron chi connectivity index (χ3n) is 2.65. The lowest BCUT2D eigenvalue weighted by Crippen LogP contribution is -2.61. The van der Waals surface area contributed by atoms with E-state index >= 15 is 0 Å². The highest BCUT2D eigenvalue weighted by Gasteiger charge is 2.45. The van der Waals surface area contributed by atoms with Crippen LogP contribution in [0.4, 0.5) is 0 Å². The molecule has 0 unspecified atom stereocenters. The predicted molar refractivity (Wildman–Crippen MR) is 65.5 cm³/mol. The second kappa shape index (κ2) is 7.20. The number of amides is 1. The second-order valence-electron chi connectivity index (χ2n) is 4.39. The van der Waals surface area contributed by atoms with Gasteiger partial charge in [0.25, 0.3) is 0 Å². The molecule has 0 aromatic rings. The lowest BCUT2D eigenvalue weighted by Gasteiger charge is -2.40. The standard InChI is InChI=1S/C12H19NO7/c1-6(14)13-9-5-18-12(17-4)11(20-8(3)16)10(9)19-7(2)15/h9-12H,5H2,1-4H3,(H,13,14)/t9-,10-,11+,12+/m0/s1. The Morgan fingerprint density at radius 3 is 2.05 bits per heavy atom. The van der Waals surface area contributed by atoms with E-state index in [-0.39, 0.29) is 12.5 Å². The molecule has 1 rings (SSSR count). The monoisotopic (exact) mass is 289 g/mol. The first-order chi connectivity index (χ1) is 9.35. The first-order valence-electron chi connectivity index (χ1n) is 6.11. The molecule has 0 bridgehead atoms. The van der Waals surface area contributed by atoms with E-state index in [4.69, 9.17) is 18.9 Å². The van der Waals surface area contributed by atoms with Crippen molar-refractivity contribution in [1.29, 1.82) is 0 Å². The summed E-state index contributed by atoms with van der Waals surface area (Å²) in [5.41, 5.74) is 0. The molecule has 1 amide bonds. The maximum atomic E-state index is 11.2. The topological polar surface area (TPSA) is 100 Å². The summed E-state index contributed by atoms with van der Waals surface area (Å²) in [7, 11) is 1.38. The SMILES string of the molecule is CO[C@@H]1OC[C@H](NC(C)=O)[C@H](OC(C)=O)[C@H]1OC(C)=O. The molecule has 1 saturated heterocycles. The van der Waals surface area contributed by atoms with Gasteiger partial charge in [-0.25, -0.2) is 0 Å². The van der Waals surface area contributed by atoms with E-state index in [1.54, 1.807) is 0 Å². The van der Waals surface area contributed by atoms with Crippen LogP contribution in [0, 0.1) is 0 Å². The number of carbonyl (C=O) groups excluding carboxylic acids is 3. The van der Waals surface area contributed by atoms with Crippen molar-refractivity contribution in [3.63, 3.8) is 0 Å². The number of hydrogen-bond acceptors (Lipinski definition) is 7. The van der Waals surface area contributed by atoms with E-state index in [1.165, 1.54) is 27.9 Å². The van der Waals surface area contributed by atoms with Crippen LogP contribution in [0.25, 0.3) is 0 Å². The third kappa shape index (κ3) is 4.46. The van der Waals surface area contributed by atoms with E-state index in [0.717, 1.165) is 0 Å². The first-order valence-corrected chi connectivity index (χ1v) is 6.11. The molecule has 8 heteroatoms. The van der Waals surface area contributed by atoms with Crippen LogP contribution in [0.3, 0.4) is 0 Å². The molecule has 0 saturated carbocycles. The van der Waals surface area contributed by atoms with E-state index in [2.05, 4.69) is 5.32 Å². The minimum Gasteiger partial charge on any atom is -0.456 e. The Kier molecular flexibility index (Phi) is 5.90. The Morgan fingerprint density at radius 2 is 1.60 bits per heavy atom. The van der Waals surface area contributed by atoms with Gasteiger partial charge in [0.2, 0.25) is 5.91 Å². The second-order valence-corrected chi connectivity index (χ2v) is 4.39. The highest BCUT2D eigenvalue weighted by Crippen LogP contribution is 2.22. The van der Waals surface area contributed by atoms with Gasteiger partial charge in [0.05, 0.1) is 12.6 Å². The van der Waals surface area contributed by atoms with Gasteiger partial charge in [0, 0.05) is 27.9 Å². The number of hydrogen-bond donors (Lipinski definition) is 1. The first kappa shape index (κ1) is 16.4. The average molecular weight is 289 g/mol. The molecule has 8 nitrogen and oxygen atoms in total. The van der Waals surface area contributed by atoms with Crippen molar-refractivity contribution >= 4 is 17.8 Å². The van der Waals surface area contributed by atoms with Gasteiger partial charge in [-0.1, -0.05) is 0 Å². The fraction of sp³-hybridized carbons (Fsp3) is 0.750. The zero-order valence-electron chi connectivity index (χ0n) is 11.9. The van der Waals surface area contributed by atoms with E-state index in [0.29, 0.717) is 0 Å². The Hall–Kier alpha value is -1.67. The van der Waals surface area contributed by atoms with Crippen LogP contribution >= 0.6 is 0 Å². The molecule has 1 N–H and O–H groups in total. The summed E-state index contributed by atoms with van der Waals surface area (Å²) in [5.74, 6) is -1.44. The number of esters is 2. The van der Waals surface area contributed by atoms with Crippen LogP contribution in [-0.2, 0) is 33.3 Å². The highest BCUT2D eigenvalue weighted by molar-refractivity contribution is 5.73. The fourth-order valence-electron chi connectivity index (χ4n) is 2.01. The maximum Gasteiger partial charge on any atom is 0.303 e.